The second kappa shape index (κ2) is 11.0. The molecule has 0 aliphatic carbocycles. The first-order valence-electron chi connectivity index (χ1n) is 11.9. The molecule has 2 atom stereocenters. The van der Waals surface area contributed by atoms with Gasteiger partial charge in [-0.3, -0.25) is 9.59 Å². The van der Waals surface area contributed by atoms with Crippen LogP contribution in [0.3, 0.4) is 0 Å². The summed E-state index contributed by atoms with van der Waals surface area (Å²) in [6, 6.07) is 15.1. The molecule has 2 heterocycles. The van der Waals surface area contributed by atoms with E-state index in [4.69, 9.17) is 9.47 Å². The summed E-state index contributed by atoms with van der Waals surface area (Å²) in [5.74, 6) is 0.655. The molecule has 2 amide bonds. The quantitative estimate of drug-likeness (QED) is 0.516. The van der Waals surface area contributed by atoms with Crippen LogP contribution in [0.4, 0.5) is 0 Å². The Hall–Kier alpha value is -3.23. The minimum Gasteiger partial charge on any atom is -0.494 e. The maximum absolute atomic E-state index is 12.8. The van der Waals surface area contributed by atoms with Crippen LogP contribution in [-0.4, -0.2) is 53.6 Å². The number of aromatic nitrogens is 1. The van der Waals surface area contributed by atoms with Crippen molar-refractivity contribution in [2.24, 2.45) is 0 Å². The summed E-state index contributed by atoms with van der Waals surface area (Å²) in [7, 11) is 0. The maximum Gasteiger partial charge on any atom is 0.263 e. The molecule has 1 aliphatic rings. The van der Waals surface area contributed by atoms with Gasteiger partial charge in [-0.05, 0) is 69.7 Å². The second-order valence-electron chi connectivity index (χ2n) is 8.74. The van der Waals surface area contributed by atoms with E-state index in [-0.39, 0.29) is 24.0 Å². The minimum absolute atomic E-state index is 0.00434. The summed E-state index contributed by atoms with van der Waals surface area (Å²) >= 11 is 1.37. The minimum atomic E-state index is -0.159. The van der Waals surface area contributed by atoms with E-state index in [1.54, 1.807) is 0 Å². The number of amides is 2. The van der Waals surface area contributed by atoms with E-state index in [1.807, 2.05) is 81.1 Å². The van der Waals surface area contributed by atoms with Crippen molar-refractivity contribution in [1.29, 1.82) is 0 Å². The van der Waals surface area contributed by atoms with E-state index in [1.165, 1.54) is 11.3 Å². The number of nitrogens with one attached hydrogen (secondary N) is 1. The number of benzene rings is 2. The average molecular weight is 494 g/mol. The molecule has 1 N–H and O–H groups in total. The zero-order chi connectivity index (χ0) is 24.9. The Bertz CT molecular complexity index is 1160. The predicted octanol–water partition coefficient (Wildman–Crippen LogP) is 4.70. The molecule has 35 heavy (non-hydrogen) atoms. The van der Waals surface area contributed by atoms with Crippen molar-refractivity contribution in [3.05, 3.63) is 70.2 Å². The van der Waals surface area contributed by atoms with E-state index >= 15 is 0 Å². The molecule has 0 spiro atoms. The molecule has 7 nitrogen and oxygen atoms in total. The van der Waals surface area contributed by atoms with Crippen LogP contribution in [0.2, 0.25) is 0 Å². The highest BCUT2D eigenvalue weighted by molar-refractivity contribution is 7.17. The Morgan fingerprint density at radius 2 is 1.74 bits per heavy atom. The van der Waals surface area contributed by atoms with E-state index in [0.29, 0.717) is 42.4 Å². The summed E-state index contributed by atoms with van der Waals surface area (Å²) in [5, 5.41) is 3.77. The molecular weight excluding hydrogens is 462 g/mol. The monoisotopic (exact) mass is 493 g/mol. The first-order chi connectivity index (χ1) is 16.8. The number of thiazole rings is 1. The summed E-state index contributed by atoms with van der Waals surface area (Å²) in [6.07, 6.45) is 0.0599. The molecule has 184 valence electrons. The second-order valence-corrected chi connectivity index (χ2v) is 9.74. The van der Waals surface area contributed by atoms with Crippen molar-refractivity contribution >= 4 is 23.2 Å². The standard InChI is InChI=1S/C27H31N3O4S/c1-5-33-23-12-10-21(11-13-23)26-29-19(4)24(35-26)25(31)28-14-20-6-8-22(9-7-20)27(32)30-15-17(2)34-18(3)16-30/h6-13,17-18H,5,14-16H2,1-4H3,(H,28,31). The number of hydrogen-bond acceptors (Lipinski definition) is 6. The predicted molar refractivity (Wildman–Crippen MR) is 137 cm³/mol. The summed E-state index contributed by atoms with van der Waals surface area (Å²) < 4.78 is 11.2. The van der Waals surface area contributed by atoms with Gasteiger partial charge in [0.05, 0.1) is 24.5 Å². The zero-order valence-corrected chi connectivity index (χ0v) is 21.4. The molecule has 8 heteroatoms. The Morgan fingerprint density at radius 3 is 2.37 bits per heavy atom. The number of nitrogens with zero attached hydrogens (tertiary/aromatic N) is 2. The third kappa shape index (κ3) is 6.07. The molecule has 2 unspecified atom stereocenters. The number of aryl methyl sites for hydroxylation is 1. The van der Waals surface area contributed by atoms with Crippen molar-refractivity contribution in [2.75, 3.05) is 19.7 Å². The van der Waals surface area contributed by atoms with Crippen molar-refractivity contribution in [1.82, 2.24) is 15.2 Å². The van der Waals surface area contributed by atoms with Gasteiger partial charge in [-0.25, -0.2) is 4.98 Å². The summed E-state index contributed by atoms with van der Waals surface area (Å²) in [4.78, 5) is 32.7. The molecule has 1 aromatic heterocycles. The number of ether oxygens (including phenoxy) is 2. The third-order valence-corrected chi connectivity index (χ3v) is 6.98. The van der Waals surface area contributed by atoms with Crippen LogP contribution >= 0.6 is 11.3 Å². The molecule has 0 saturated carbocycles. The topological polar surface area (TPSA) is 80.8 Å². The lowest BCUT2D eigenvalue weighted by molar-refractivity contribution is -0.0586. The van der Waals surface area contributed by atoms with Gasteiger partial charge >= 0.3 is 0 Å². The Balaban J connectivity index is 1.36. The number of morpholine rings is 1. The smallest absolute Gasteiger partial charge is 0.263 e. The molecule has 0 bridgehead atoms. The molecule has 0 radical (unpaired) electrons. The third-order valence-electron chi connectivity index (χ3n) is 5.78. The van der Waals surface area contributed by atoms with Crippen LogP contribution < -0.4 is 10.1 Å². The van der Waals surface area contributed by atoms with E-state index in [2.05, 4.69) is 10.3 Å². The van der Waals surface area contributed by atoms with E-state index in [0.717, 1.165) is 21.9 Å². The molecule has 2 aromatic carbocycles. The van der Waals surface area contributed by atoms with Crippen molar-refractivity contribution in [3.8, 4) is 16.3 Å². The van der Waals surface area contributed by atoms with Crippen LogP contribution in [0.1, 0.15) is 52.1 Å². The van der Waals surface area contributed by atoms with Gasteiger partial charge < -0.3 is 19.7 Å². The summed E-state index contributed by atoms with van der Waals surface area (Å²) in [5.41, 5.74) is 3.21. The first kappa shape index (κ1) is 24.9. The van der Waals surface area contributed by atoms with Gasteiger partial charge in [-0.15, -0.1) is 11.3 Å². The maximum atomic E-state index is 12.8. The van der Waals surface area contributed by atoms with Gasteiger partial charge in [-0.1, -0.05) is 12.1 Å². The normalized spacial score (nSPS) is 17.8. The van der Waals surface area contributed by atoms with Gasteiger partial charge in [0.15, 0.2) is 0 Å². The number of carbonyl (C=O) groups excluding carboxylic acids is 2. The fraction of sp³-hybridized carbons (Fsp3) is 0.370. The number of hydrogen-bond donors (Lipinski definition) is 1. The molecule has 1 aliphatic heterocycles. The highest BCUT2D eigenvalue weighted by Gasteiger charge is 2.26. The molecule has 4 rings (SSSR count). The van der Waals surface area contributed by atoms with E-state index < -0.39 is 0 Å². The molecule has 1 saturated heterocycles. The molecule has 3 aromatic rings. The fourth-order valence-electron chi connectivity index (χ4n) is 4.15. The van der Waals surface area contributed by atoms with Gasteiger partial charge in [0, 0.05) is 30.8 Å². The molecular formula is C27H31N3O4S. The SMILES string of the molecule is CCOc1ccc(-c2nc(C)c(C(=O)NCc3ccc(C(=O)N4CC(C)OC(C)C4)cc3)s2)cc1. The van der Waals surface area contributed by atoms with Gasteiger partial charge in [0.1, 0.15) is 15.6 Å². The lowest BCUT2D eigenvalue weighted by Crippen LogP contribution is -2.48. The largest absolute Gasteiger partial charge is 0.494 e. The average Bonchev–Trinajstić information content (AvgIpc) is 3.24. The van der Waals surface area contributed by atoms with Crippen LogP contribution in [0, 0.1) is 6.92 Å². The summed E-state index contributed by atoms with van der Waals surface area (Å²) in [6.45, 7) is 9.92. The zero-order valence-electron chi connectivity index (χ0n) is 20.5. The Morgan fingerprint density at radius 1 is 1.09 bits per heavy atom. The lowest BCUT2D eigenvalue weighted by atomic mass is 10.1. The number of rotatable bonds is 7. The van der Waals surface area contributed by atoms with Gasteiger partial charge in [0.25, 0.3) is 11.8 Å². The fourth-order valence-corrected chi connectivity index (χ4v) is 5.13. The lowest BCUT2D eigenvalue weighted by Gasteiger charge is -2.35. The number of carbonyl (C=O) groups is 2. The highest BCUT2D eigenvalue weighted by atomic mass is 32.1. The van der Waals surface area contributed by atoms with Gasteiger partial charge in [-0.2, -0.15) is 0 Å². The van der Waals surface area contributed by atoms with Crippen LogP contribution in [0.15, 0.2) is 48.5 Å². The van der Waals surface area contributed by atoms with Crippen LogP contribution in [0.5, 0.6) is 5.75 Å². The van der Waals surface area contributed by atoms with Gasteiger partial charge in [0.2, 0.25) is 0 Å². The van der Waals surface area contributed by atoms with Crippen molar-refractivity contribution in [3.63, 3.8) is 0 Å². The van der Waals surface area contributed by atoms with Crippen molar-refractivity contribution in [2.45, 2.75) is 46.4 Å². The van der Waals surface area contributed by atoms with Crippen LogP contribution in [-0.2, 0) is 11.3 Å². The molecule has 1 fully saturated rings. The van der Waals surface area contributed by atoms with Crippen molar-refractivity contribution < 1.29 is 19.1 Å². The Kier molecular flexibility index (Phi) is 7.83. The first-order valence-corrected chi connectivity index (χ1v) is 12.7. The van der Waals surface area contributed by atoms with E-state index in [9.17, 15) is 9.59 Å². The highest BCUT2D eigenvalue weighted by Crippen LogP contribution is 2.29. The van der Waals surface area contributed by atoms with Crippen LogP contribution in [0.25, 0.3) is 10.6 Å². The Labute approximate surface area is 210 Å².